The Morgan fingerprint density at radius 3 is 1.85 bits per heavy atom. The Labute approximate surface area is 116 Å². The van der Waals surface area contributed by atoms with E-state index in [1.165, 1.54) is 0 Å². The molecule has 0 saturated carbocycles. The van der Waals surface area contributed by atoms with Crippen LogP contribution in [0.3, 0.4) is 0 Å². The van der Waals surface area contributed by atoms with Crippen molar-refractivity contribution in [3.63, 3.8) is 0 Å². The maximum absolute atomic E-state index is 13.8. The summed E-state index contributed by atoms with van der Waals surface area (Å²) in [5, 5.41) is 0. The fourth-order valence-corrected chi connectivity index (χ4v) is 2.32. The lowest BCUT2D eigenvalue weighted by molar-refractivity contribution is 0.514. The van der Waals surface area contributed by atoms with Gasteiger partial charge in [-0.2, -0.15) is 0 Å². The van der Waals surface area contributed by atoms with Crippen LogP contribution in [0.25, 0.3) is 0 Å². The lowest BCUT2D eigenvalue weighted by Gasteiger charge is -2.18. The van der Waals surface area contributed by atoms with E-state index in [0.29, 0.717) is 17.7 Å². The number of hydrogen-bond donors (Lipinski definition) is 1. The number of benzene rings is 2. The predicted octanol–water partition coefficient (Wildman–Crippen LogP) is 4.08. The Morgan fingerprint density at radius 2 is 1.30 bits per heavy atom. The number of hydrogen-bond acceptors (Lipinski definition) is 1. The van der Waals surface area contributed by atoms with Crippen molar-refractivity contribution in [3.8, 4) is 0 Å². The minimum absolute atomic E-state index is 0.308. The van der Waals surface area contributed by atoms with Crippen LogP contribution in [0.5, 0.6) is 0 Å². The van der Waals surface area contributed by atoms with Crippen molar-refractivity contribution in [1.82, 2.24) is 0 Å². The number of aryl methyl sites for hydroxylation is 3. The highest BCUT2D eigenvalue weighted by Crippen LogP contribution is 2.29. The molecule has 0 spiro atoms. The third-order valence-corrected chi connectivity index (χ3v) is 3.57. The molecule has 0 fully saturated rings. The molecule has 2 aromatic rings. The van der Waals surface area contributed by atoms with E-state index in [2.05, 4.69) is 0 Å². The van der Waals surface area contributed by atoms with Crippen LogP contribution in [-0.4, -0.2) is 0 Å². The highest BCUT2D eigenvalue weighted by molar-refractivity contribution is 5.42. The van der Waals surface area contributed by atoms with E-state index in [0.717, 1.165) is 16.7 Å². The van der Waals surface area contributed by atoms with Gasteiger partial charge in [0.25, 0.3) is 0 Å². The van der Waals surface area contributed by atoms with E-state index >= 15 is 0 Å². The summed E-state index contributed by atoms with van der Waals surface area (Å²) < 4.78 is 40.5. The fourth-order valence-electron chi connectivity index (χ4n) is 2.32. The van der Waals surface area contributed by atoms with E-state index in [1.807, 2.05) is 32.9 Å². The summed E-state index contributed by atoms with van der Waals surface area (Å²) >= 11 is 0. The van der Waals surface area contributed by atoms with Crippen LogP contribution in [-0.2, 0) is 0 Å². The topological polar surface area (TPSA) is 26.0 Å². The van der Waals surface area contributed by atoms with E-state index in [4.69, 9.17) is 5.73 Å². The zero-order valence-corrected chi connectivity index (χ0v) is 11.6. The molecule has 0 radical (unpaired) electrons. The summed E-state index contributed by atoms with van der Waals surface area (Å²) in [7, 11) is 0. The molecule has 106 valence electrons. The lowest BCUT2D eigenvalue weighted by atomic mass is 9.92. The first-order chi connectivity index (χ1) is 9.31. The van der Waals surface area contributed by atoms with Crippen molar-refractivity contribution in [1.29, 1.82) is 0 Å². The Kier molecular flexibility index (Phi) is 3.86. The largest absolute Gasteiger partial charge is 0.320 e. The van der Waals surface area contributed by atoms with Crippen LogP contribution in [0.2, 0.25) is 0 Å². The van der Waals surface area contributed by atoms with Gasteiger partial charge in [-0.1, -0.05) is 12.1 Å². The monoisotopic (exact) mass is 279 g/mol. The Morgan fingerprint density at radius 1 is 0.800 bits per heavy atom. The van der Waals surface area contributed by atoms with Gasteiger partial charge in [-0.05, 0) is 43.0 Å². The molecule has 0 aliphatic heterocycles. The first kappa shape index (κ1) is 14.6. The van der Waals surface area contributed by atoms with E-state index in [-0.39, 0.29) is 5.56 Å². The van der Waals surface area contributed by atoms with Gasteiger partial charge in [0.1, 0.15) is 17.5 Å². The SMILES string of the molecule is Cc1cc(C)c(C(N)c2c(F)cc(F)cc2F)cc1C. The van der Waals surface area contributed by atoms with Gasteiger partial charge in [-0.25, -0.2) is 13.2 Å². The van der Waals surface area contributed by atoms with Gasteiger partial charge in [0, 0.05) is 17.7 Å². The molecule has 2 rings (SSSR count). The van der Waals surface area contributed by atoms with Crippen LogP contribution >= 0.6 is 0 Å². The molecule has 0 aliphatic carbocycles. The summed E-state index contributed by atoms with van der Waals surface area (Å²) in [6.07, 6.45) is 0. The van der Waals surface area contributed by atoms with Crippen LogP contribution in [0.4, 0.5) is 13.2 Å². The van der Waals surface area contributed by atoms with Gasteiger partial charge in [0.05, 0.1) is 6.04 Å². The molecule has 4 heteroatoms. The molecule has 20 heavy (non-hydrogen) atoms. The smallest absolute Gasteiger partial charge is 0.134 e. The molecule has 0 aliphatic rings. The maximum Gasteiger partial charge on any atom is 0.134 e. The third kappa shape index (κ3) is 2.56. The van der Waals surface area contributed by atoms with Crippen molar-refractivity contribution >= 4 is 0 Å². The standard InChI is InChI=1S/C16H16F3N/c1-8-4-10(3)12(5-9(8)2)16(20)15-13(18)6-11(17)7-14(15)19/h4-7,16H,20H2,1-3H3. The zero-order chi connectivity index (χ0) is 15.0. The first-order valence-electron chi connectivity index (χ1n) is 6.29. The zero-order valence-electron chi connectivity index (χ0n) is 11.6. The van der Waals surface area contributed by atoms with Gasteiger partial charge < -0.3 is 5.73 Å². The molecule has 0 saturated heterocycles. The summed E-state index contributed by atoms with van der Waals surface area (Å²) in [6, 6.07) is 4.07. The van der Waals surface area contributed by atoms with Gasteiger partial charge >= 0.3 is 0 Å². The third-order valence-electron chi connectivity index (χ3n) is 3.57. The van der Waals surface area contributed by atoms with Gasteiger partial charge in [0.2, 0.25) is 0 Å². The second kappa shape index (κ2) is 5.29. The Bertz CT molecular complexity index is 642. The highest BCUT2D eigenvalue weighted by atomic mass is 19.1. The molecule has 0 aromatic heterocycles. The van der Waals surface area contributed by atoms with Crippen molar-refractivity contribution in [3.05, 3.63) is 69.5 Å². The molecular weight excluding hydrogens is 263 g/mol. The van der Waals surface area contributed by atoms with Crippen LogP contribution in [0, 0.1) is 38.2 Å². The van der Waals surface area contributed by atoms with Crippen molar-refractivity contribution in [2.75, 3.05) is 0 Å². The second-order valence-electron chi connectivity index (χ2n) is 5.05. The van der Waals surface area contributed by atoms with Crippen LogP contribution < -0.4 is 5.73 Å². The Hall–Kier alpha value is -1.81. The molecule has 2 aromatic carbocycles. The average Bonchev–Trinajstić information content (AvgIpc) is 2.32. The number of halogens is 3. The van der Waals surface area contributed by atoms with Crippen molar-refractivity contribution in [2.24, 2.45) is 5.73 Å². The molecule has 1 nitrogen and oxygen atoms in total. The molecule has 1 unspecified atom stereocenters. The summed E-state index contributed by atoms with van der Waals surface area (Å²) in [5.74, 6) is -2.88. The first-order valence-corrected chi connectivity index (χ1v) is 6.29. The summed E-state index contributed by atoms with van der Waals surface area (Å²) in [4.78, 5) is 0. The van der Waals surface area contributed by atoms with E-state index in [9.17, 15) is 13.2 Å². The fraction of sp³-hybridized carbons (Fsp3) is 0.250. The summed E-state index contributed by atoms with van der Waals surface area (Å²) in [6.45, 7) is 5.69. The number of rotatable bonds is 2. The van der Waals surface area contributed by atoms with Gasteiger partial charge in [-0.3, -0.25) is 0 Å². The predicted molar refractivity (Wildman–Crippen MR) is 73.0 cm³/mol. The molecule has 0 bridgehead atoms. The lowest BCUT2D eigenvalue weighted by Crippen LogP contribution is -2.17. The quantitative estimate of drug-likeness (QED) is 0.880. The Balaban J connectivity index is 2.57. The average molecular weight is 279 g/mol. The molecular formula is C16H16F3N. The van der Waals surface area contributed by atoms with Gasteiger partial charge in [0.15, 0.2) is 0 Å². The number of nitrogens with two attached hydrogens (primary N) is 1. The molecule has 2 N–H and O–H groups in total. The minimum Gasteiger partial charge on any atom is -0.320 e. The van der Waals surface area contributed by atoms with Crippen LogP contribution in [0.15, 0.2) is 24.3 Å². The minimum atomic E-state index is -0.965. The molecule has 0 heterocycles. The van der Waals surface area contributed by atoms with Crippen LogP contribution in [0.1, 0.15) is 33.9 Å². The van der Waals surface area contributed by atoms with Gasteiger partial charge in [-0.15, -0.1) is 0 Å². The second-order valence-corrected chi connectivity index (χ2v) is 5.05. The normalized spacial score (nSPS) is 12.6. The highest BCUT2D eigenvalue weighted by Gasteiger charge is 2.21. The summed E-state index contributed by atoms with van der Waals surface area (Å²) in [5.41, 5.74) is 9.24. The van der Waals surface area contributed by atoms with E-state index < -0.39 is 23.5 Å². The molecule has 1 atom stereocenters. The van der Waals surface area contributed by atoms with Crippen molar-refractivity contribution in [2.45, 2.75) is 26.8 Å². The van der Waals surface area contributed by atoms with E-state index in [1.54, 1.807) is 0 Å². The molecule has 0 amide bonds. The maximum atomic E-state index is 13.8. The van der Waals surface area contributed by atoms with Crippen molar-refractivity contribution < 1.29 is 13.2 Å².